The molecular weight excluding hydrogens is 304 g/mol. The summed E-state index contributed by atoms with van der Waals surface area (Å²) >= 11 is 0. The fraction of sp³-hybridized carbons (Fsp3) is 0.550. The van der Waals surface area contributed by atoms with Crippen molar-refractivity contribution < 1.29 is 19.7 Å². The third-order valence-electron chi connectivity index (χ3n) is 4.96. The Morgan fingerprint density at radius 2 is 1.96 bits per heavy atom. The number of para-hydroxylation sites is 1. The third-order valence-corrected chi connectivity index (χ3v) is 4.96. The van der Waals surface area contributed by atoms with E-state index < -0.39 is 23.1 Å². The van der Waals surface area contributed by atoms with Crippen molar-refractivity contribution in [2.75, 3.05) is 0 Å². The van der Waals surface area contributed by atoms with E-state index in [4.69, 9.17) is 4.74 Å². The van der Waals surface area contributed by atoms with Gasteiger partial charge in [-0.05, 0) is 25.0 Å². The van der Waals surface area contributed by atoms with Crippen molar-refractivity contribution in [1.82, 2.24) is 0 Å². The summed E-state index contributed by atoms with van der Waals surface area (Å²) in [6, 6.07) is 7.04. The summed E-state index contributed by atoms with van der Waals surface area (Å²) in [5.74, 6) is -3.00. The molecule has 0 aromatic heterocycles. The molecule has 0 saturated carbocycles. The summed E-state index contributed by atoms with van der Waals surface area (Å²) < 4.78 is 5.85. The second-order valence-electron chi connectivity index (χ2n) is 7.08. The molecule has 0 bridgehead atoms. The minimum Gasteiger partial charge on any atom is -0.481 e. The molecule has 2 rings (SSSR count). The third kappa shape index (κ3) is 3.48. The Morgan fingerprint density at radius 1 is 1.25 bits per heavy atom. The van der Waals surface area contributed by atoms with Gasteiger partial charge in [0.05, 0.1) is 11.3 Å². The standard InChI is InChI=1S/C20H28O4/c1-4-5-6-7-8-11-14-20(23)19(2,3)17(18(21)22)15-12-9-10-13-16(15)24-20/h9-14,17,23H,4-8H2,1-3H3,(H,21,22). The van der Waals surface area contributed by atoms with Crippen LogP contribution in [0.1, 0.15) is 64.4 Å². The molecule has 1 aromatic carbocycles. The molecule has 0 amide bonds. The Hall–Kier alpha value is -1.81. The molecule has 0 radical (unpaired) electrons. The lowest BCUT2D eigenvalue weighted by Crippen LogP contribution is -2.55. The quantitative estimate of drug-likeness (QED) is 0.570. The van der Waals surface area contributed by atoms with Crippen LogP contribution in [0.25, 0.3) is 0 Å². The number of aliphatic hydroxyl groups is 1. The first-order valence-corrected chi connectivity index (χ1v) is 8.74. The highest BCUT2D eigenvalue weighted by Gasteiger charge is 2.56. The van der Waals surface area contributed by atoms with Crippen LogP contribution in [0.5, 0.6) is 5.75 Å². The highest BCUT2D eigenvalue weighted by atomic mass is 16.6. The molecule has 1 heterocycles. The van der Waals surface area contributed by atoms with Crippen LogP contribution in [0, 0.1) is 5.41 Å². The molecule has 1 aliphatic heterocycles. The van der Waals surface area contributed by atoms with E-state index in [9.17, 15) is 15.0 Å². The zero-order chi connectivity index (χ0) is 17.8. The highest BCUT2D eigenvalue weighted by molar-refractivity contribution is 5.79. The van der Waals surface area contributed by atoms with Gasteiger partial charge in [0, 0.05) is 5.56 Å². The molecular formula is C20H28O4. The minimum absolute atomic E-state index is 0.433. The van der Waals surface area contributed by atoms with Crippen molar-refractivity contribution in [3.8, 4) is 5.75 Å². The van der Waals surface area contributed by atoms with Crippen LogP contribution in [-0.2, 0) is 4.79 Å². The van der Waals surface area contributed by atoms with E-state index in [1.807, 2.05) is 6.08 Å². The first-order valence-electron chi connectivity index (χ1n) is 8.74. The summed E-state index contributed by atoms with van der Waals surface area (Å²) in [5.41, 5.74) is -0.386. The number of aliphatic carboxylic acids is 1. The first kappa shape index (κ1) is 18.5. The van der Waals surface area contributed by atoms with Crippen molar-refractivity contribution in [1.29, 1.82) is 0 Å². The van der Waals surface area contributed by atoms with Gasteiger partial charge in [0.15, 0.2) is 0 Å². The molecule has 0 aliphatic carbocycles. The number of allylic oxidation sites excluding steroid dienone is 1. The zero-order valence-corrected chi connectivity index (χ0v) is 14.8. The molecule has 132 valence electrons. The first-order chi connectivity index (χ1) is 11.3. The molecule has 4 nitrogen and oxygen atoms in total. The Morgan fingerprint density at radius 3 is 2.62 bits per heavy atom. The summed E-state index contributed by atoms with van der Waals surface area (Å²) in [6.07, 6.45) is 8.98. The Labute approximate surface area is 144 Å². The van der Waals surface area contributed by atoms with Crippen molar-refractivity contribution in [3.63, 3.8) is 0 Å². The number of rotatable bonds is 7. The molecule has 1 aliphatic rings. The molecule has 4 heteroatoms. The maximum Gasteiger partial charge on any atom is 0.311 e. The molecule has 0 fully saturated rings. The van der Waals surface area contributed by atoms with Gasteiger partial charge in [0.2, 0.25) is 5.79 Å². The van der Waals surface area contributed by atoms with Gasteiger partial charge in [0.25, 0.3) is 0 Å². The van der Waals surface area contributed by atoms with Crippen molar-refractivity contribution in [2.24, 2.45) is 5.41 Å². The predicted molar refractivity (Wildman–Crippen MR) is 94.1 cm³/mol. The Bertz CT molecular complexity index is 605. The van der Waals surface area contributed by atoms with E-state index in [1.54, 1.807) is 44.2 Å². The number of fused-ring (bicyclic) bond motifs is 1. The average Bonchev–Trinajstić information content (AvgIpc) is 2.51. The number of carboxylic acids is 1. The van der Waals surface area contributed by atoms with Gasteiger partial charge in [-0.1, -0.05) is 64.3 Å². The molecule has 24 heavy (non-hydrogen) atoms. The topological polar surface area (TPSA) is 66.8 Å². The van der Waals surface area contributed by atoms with Gasteiger partial charge in [-0.15, -0.1) is 0 Å². The number of benzene rings is 1. The van der Waals surface area contributed by atoms with Crippen molar-refractivity contribution >= 4 is 5.97 Å². The van der Waals surface area contributed by atoms with Gasteiger partial charge in [-0.2, -0.15) is 0 Å². The van der Waals surface area contributed by atoms with Gasteiger partial charge in [-0.3, -0.25) is 4.79 Å². The average molecular weight is 332 g/mol. The second kappa shape index (κ2) is 7.39. The highest BCUT2D eigenvalue weighted by Crippen LogP contribution is 2.52. The van der Waals surface area contributed by atoms with Crippen LogP contribution >= 0.6 is 0 Å². The fourth-order valence-corrected chi connectivity index (χ4v) is 3.33. The van der Waals surface area contributed by atoms with Gasteiger partial charge >= 0.3 is 5.97 Å². The van der Waals surface area contributed by atoms with Crippen molar-refractivity contribution in [2.45, 2.75) is 64.6 Å². The Balaban J connectivity index is 2.26. The van der Waals surface area contributed by atoms with Crippen LogP contribution in [0.2, 0.25) is 0 Å². The monoisotopic (exact) mass is 332 g/mol. The lowest BCUT2D eigenvalue weighted by atomic mass is 9.67. The molecule has 0 spiro atoms. The summed E-state index contributed by atoms with van der Waals surface area (Å²) in [6.45, 7) is 5.65. The van der Waals surface area contributed by atoms with E-state index in [0.29, 0.717) is 11.3 Å². The van der Waals surface area contributed by atoms with Crippen LogP contribution in [-0.4, -0.2) is 22.0 Å². The SMILES string of the molecule is CCCCCCC=CC1(O)Oc2ccccc2C(C(=O)O)C1(C)C. The number of hydrogen-bond donors (Lipinski definition) is 2. The maximum absolute atomic E-state index is 11.9. The zero-order valence-electron chi connectivity index (χ0n) is 14.8. The molecule has 2 unspecified atom stereocenters. The summed E-state index contributed by atoms with van der Waals surface area (Å²) in [4.78, 5) is 11.9. The van der Waals surface area contributed by atoms with E-state index in [1.165, 1.54) is 12.8 Å². The predicted octanol–water partition coefficient (Wildman–Crippen LogP) is 4.49. The number of hydrogen-bond acceptors (Lipinski definition) is 3. The summed E-state index contributed by atoms with van der Waals surface area (Å²) in [7, 11) is 0. The second-order valence-corrected chi connectivity index (χ2v) is 7.08. The fourth-order valence-electron chi connectivity index (χ4n) is 3.33. The molecule has 1 aromatic rings. The van der Waals surface area contributed by atoms with E-state index in [0.717, 1.165) is 19.3 Å². The normalized spacial score (nSPS) is 25.2. The minimum atomic E-state index is -1.64. The number of carboxylic acid groups (broad SMARTS) is 1. The summed E-state index contributed by atoms with van der Waals surface area (Å²) in [5, 5.41) is 20.8. The number of carbonyl (C=O) groups is 1. The van der Waals surface area contributed by atoms with E-state index in [2.05, 4.69) is 6.92 Å². The number of unbranched alkanes of at least 4 members (excludes halogenated alkanes) is 4. The maximum atomic E-state index is 11.9. The lowest BCUT2D eigenvalue weighted by molar-refractivity contribution is -0.200. The van der Waals surface area contributed by atoms with E-state index >= 15 is 0 Å². The lowest BCUT2D eigenvalue weighted by Gasteiger charge is -2.48. The smallest absolute Gasteiger partial charge is 0.311 e. The molecule has 0 saturated heterocycles. The van der Waals surface area contributed by atoms with E-state index in [-0.39, 0.29) is 0 Å². The van der Waals surface area contributed by atoms with Crippen molar-refractivity contribution in [3.05, 3.63) is 42.0 Å². The Kier molecular flexibility index (Phi) is 5.70. The van der Waals surface area contributed by atoms with Crippen LogP contribution in [0.3, 0.4) is 0 Å². The van der Waals surface area contributed by atoms with Gasteiger partial charge in [0.1, 0.15) is 5.75 Å². The van der Waals surface area contributed by atoms with Crippen LogP contribution in [0.15, 0.2) is 36.4 Å². The largest absolute Gasteiger partial charge is 0.481 e. The number of ether oxygens (including phenoxy) is 1. The molecule has 2 atom stereocenters. The van der Waals surface area contributed by atoms with Crippen LogP contribution in [0.4, 0.5) is 0 Å². The van der Waals surface area contributed by atoms with Gasteiger partial charge < -0.3 is 14.9 Å². The molecule has 2 N–H and O–H groups in total. The van der Waals surface area contributed by atoms with Crippen LogP contribution < -0.4 is 4.74 Å². The van der Waals surface area contributed by atoms with Gasteiger partial charge in [-0.25, -0.2) is 0 Å².